The van der Waals surface area contributed by atoms with Crippen LogP contribution in [0.5, 0.6) is 0 Å². The molecule has 1 rings (SSSR count). The molecule has 0 heterocycles. The molecule has 0 aromatic heterocycles. The molecule has 0 saturated heterocycles. The summed E-state index contributed by atoms with van der Waals surface area (Å²) >= 11 is 0. The summed E-state index contributed by atoms with van der Waals surface area (Å²) in [6.45, 7) is 3.67. The summed E-state index contributed by atoms with van der Waals surface area (Å²) in [6.07, 6.45) is 0. The predicted molar refractivity (Wildman–Crippen MR) is 70.8 cm³/mol. The van der Waals surface area contributed by atoms with E-state index in [-0.39, 0.29) is 23.3 Å². The van der Waals surface area contributed by atoms with Gasteiger partial charge < -0.3 is 10.1 Å². The van der Waals surface area contributed by atoms with Crippen molar-refractivity contribution < 1.29 is 13.5 Å². The molecule has 0 aliphatic carbocycles. The lowest BCUT2D eigenvalue weighted by atomic mass is 10.2. The fourth-order valence-electron chi connectivity index (χ4n) is 1.47. The van der Waals surface area contributed by atoms with Gasteiger partial charge in [-0.05, 0) is 25.5 Å². The zero-order chi connectivity index (χ0) is 14.4. The molecule has 19 heavy (non-hydrogen) atoms. The molecule has 0 bridgehead atoms. The quantitative estimate of drug-likeness (QED) is 0.336. The Morgan fingerprint density at radius 1 is 1.42 bits per heavy atom. The Hall–Kier alpha value is -1.73. The van der Waals surface area contributed by atoms with Crippen molar-refractivity contribution in [2.24, 2.45) is 10.8 Å². The maximum absolute atomic E-state index is 13.6. The van der Waals surface area contributed by atoms with E-state index < -0.39 is 11.6 Å². The highest BCUT2D eigenvalue weighted by atomic mass is 19.1. The molecule has 0 spiro atoms. The number of guanidine groups is 1. The van der Waals surface area contributed by atoms with Crippen molar-refractivity contribution in [1.29, 1.82) is 0 Å². The molecule has 0 saturated carbocycles. The largest absolute Gasteiger partial charge is 0.382 e. The number of halogens is 2. The highest BCUT2D eigenvalue weighted by molar-refractivity contribution is 5.93. The lowest BCUT2D eigenvalue weighted by molar-refractivity contribution is 0.185. The highest BCUT2D eigenvalue weighted by Gasteiger charge is 2.10. The van der Waals surface area contributed by atoms with Crippen molar-refractivity contribution >= 4 is 11.6 Å². The SMILES string of the molecule is COCC(C)N=C(NN)Nc1cc(F)c(C)cc1F. The summed E-state index contributed by atoms with van der Waals surface area (Å²) in [6, 6.07) is 1.98. The van der Waals surface area contributed by atoms with Crippen molar-refractivity contribution in [2.45, 2.75) is 19.9 Å². The monoisotopic (exact) mass is 272 g/mol. The van der Waals surface area contributed by atoms with Crippen LogP contribution in [0.3, 0.4) is 0 Å². The molecule has 0 amide bonds. The summed E-state index contributed by atoms with van der Waals surface area (Å²) in [5.41, 5.74) is 2.49. The number of nitrogens with one attached hydrogen (secondary N) is 2. The second-order valence-electron chi connectivity index (χ2n) is 4.13. The summed E-state index contributed by atoms with van der Waals surface area (Å²) in [4.78, 5) is 4.13. The second kappa shape index (κ2) is 7.01. The topological polar surface area (TPSA) is 71.7 Å². The number of ether oxygens (including phenoxy) is 1. The Bertz CT molecular complexity index is 465. The summed E-state index contributed by atoms with van der Waals surface area (Å²) in [7, 11) is 1.55. The van der Waals surface area contributed by atoms with Crippen LogP contribution in [0.1, 0.15) is 12.5 Å². The Morgan fingerprint density at radius 2 is 2.11 bits per heavy atom. The Morgan fingerprint density at radius 3 is 2.68 bits per heavy atom. The number of aliphatic imine (C=N–C) groups is 1. The zero-order valence-electron chi connectivity index (χ0n) is 11.1. The van der Waals surface area contributed by atoms with E-state index in [1.165, 1.54) is 6.92 Å². The minimum atomic E-state index is -0.582. The van der Waals surface area contributed by atoms with Crippen LogP contribution in [-0.2, 0) is 4.74 Å². The molecule has 0 aliphatic rings. The number of hydrogen-bond acceptors (Lipinski definition) is 3. The number of hydrazine groups is 1. The van der Waals surface area contributed by atoms with E-state index in [4.69, 9.17) is 10.6 Å². The Kier molecular flexibility index (Phi) is 5.65. The van der Waals surface area contributed by atoms with Crippen molar-refractivity contribution in [3.05, 3.63) is 29.3 Å². The lowest BCUT2D eigenvalue weighted by Crippen LogP contribution is -2.37. The van der Waals surface area contributed by atoms with Crippen molar-refractivity contribution in [3.8, 4) is 0 Å². The van der Waals surface area contributed by atoms with E-state index in [9.17, 15) is 8.78 Å². The number of aryl methyl sites for hydroxylation is 1. The molecule has 1 atom stereocenters. The highest BCUT2D eigenvalue weighted by Crippen LogP contribution is 2.18. The summed E-state index contributed by atoms with van der Waals surface area (Å²) in [5, 5.41) is 2.60. The number of rotatable bonds is 4. The molecular formula is C12H18F2N4O. The minimum Gasteiger partial charge on any atom is -0.382 e. The van der Waals surface area contributed by atoms with Crippen LogP contribution in [0.2, 0.25) is 0 Å². The number of methoxy groups -OCH3 is 1. The number of anilines is 1. The lowest BCUT2D eigenvalue weighted by Gasteiger charge is -2.13. The Balaban J connectivity index is 2.90. The van der Waals surface area contributed by atoms with Gasteiger partial charge in [0.1, 0.15) is 11.6 Å². The molecule has 4 N–H and O–H groups in total. The average Bonchev–Trinajstić information content (AvgIpc) is 2.35. The van der Waals surface area contributed by atoms with Gasteiger partial charge in [-0.25, -0.2) is 19.6 Å². The van der Waals surface area contributed by atoms with Gasteiger partial charge in [0.15, 0.2) is 0 Å². The van der Waals surface area contributed by atoms with Gasteiger partial charge in [0.2, 0.25) is 5.96 Å². The van der Waals surface area contributed by atoms with Gasteiger partial charge in [0, 0.05) is 13.2 Å². The maximum Gasteiger partial charge on any atom is 0.210 e. The van der Waals surface area contributed by atoms with Gasteiger partial charge in [-0.3, -0.25) is 5.43 Å². The van der Waals surface area contributed by atoms with Crippen LogP contribution in [0.25, 0.3) is 0 Å². The first kappa shape index (κ1) is 15.3. The van der Waals surface area contributed by atoms with Crippen LogP contribution in [0.15, 0.2) is 17.1 Å². The first-order valence-electron chi connectivity index (χ1n) is 5.74. The van der Waals surface area contributed by atoms with E-state index in [1.807, 2.05) is 0 Å². The van der Waals surface area contributed by atoms with E-state index in [0.29, 0.717) is 6.61 Å². The van der Waals surface area contributed by atoms with Gasteiger partial charge in [-0.15, -0.1) is 0 Å². The first-order valence-corrected chi connectivity index (χ1v) is 5.74. The number of benzene rings is 1. The number of nitrogens with two attached hydrogens (primary N) is 1. The van der Waals surface area contributed by atoms with Crippen molar-refractivity contribution in [3.63, 3.8) is 0 Å². The van der Waals surface area contributed by atoms with E-state index >= 15 is 0 Å². The molecule has 106 valence electrons. The fourth-order valence-corrected chi connectivity index (χ4v) is 1.47. The van der Waals surface area contributed by atoms with E-state index in [1.54, 1.807) is 14.0 Å². The van der Waals surface area contributed by atoms with Crippen LogP contribution < -0.4 is 16.6 Å². The number of hydrogen-bond donors (Lipinski definition) is 3. The summed E-state index contributed by atoms with van der Waals surface area (Å²) in [5.74, 6) is 4.32. The number of nitrogens with zero attached hydrogens (tertiary/aromatic N) is 1. The standard InChI is InChI=1S/C12H18F2N4O/c1-7-4-10(14)11(5-9(7)13)17-12(18-15)16-8(2)6-19-3/h4-5,8H,6,15H2,1-3H3,(H2,16,17,18). The van der Waals surface area contributed by atoms with E-state index in [0.717, 1.165) is 12.1 Å². The average molecular weight is 272 g/mol. The van der Waals surface area contributed by atoms with Gasteiger partial charge in [0.25, 0.3) is 0 Å². The smallest absolute Gasteiger partial charge is 0.210 e. The molecule has 1 aromatic carbocycles. The molecule has 7 heteroatoms. The maximum atomic E-state index is 13.6. The van der Waals surface area contributed by atoms with Crippen LogP contribution in [0.4, 0.5) is 14.5 Å². The van der Waals surface area contributed by atoms with E-state index in [2.05, 4.69) is 15.7 Å². The molecular weight excluding hydrogens is 254 g/mol. The molecule has 5 nitrogen and oxygen atoms in total. The van der Waals surface area contributed by atoms with Gasteiger partial charge in [-0.1, -0.05) is 0 Å². The van der Waals surface area contributed by atoms with Crippen LogP contribution >= 0.6 is 0 Å². The van der Waals surface area contributed by atoms with Gasteiger partial charge in [-0.2, -0.15) is 0 Å². The molecule has 1 aromatic rings. The first-order chi connectivity index (χ1) is 8.97. The fraction of sp³-hybridized carbons (Fsp3) is 0.417. The minimum absolute atomic E-state index is 0.0376. The molecule has 1 unspecified atom stereocenters. The van der Waals surface area contributed by atoms with Crippen LogP contribution in [0, 0.1) is 18.6 Å². The summed E-state index contributed by atoms with van der Waals surface area (Å²) < 4.78 is 31.9. The van der Waals surface area contributed by atoms with Crippen molar-refractivity contribution in [1.82, 2.24) is 5.43 Å². The second-order valence-corrected chi connectivity index (χ2v) is 4.13. The Labute approximate surface area is 110 Å². The molecule has 0 aliphatic heterocycles. The zero-order valence-corrected chi connectivity index (χ0v) is 11.1. The van der Waals surface area contributed by atoms with Crippen molar-refractivity contribution in [2.75, 3.05) is 19.0 Å². The predicted octanol–water partition coefficient (Wildman–Crippen LogP) is 1.54. The van der Waals surface area contributed by atoms with Gasteiger partial charge in [0.05, 0.1) is 18.3 Å². The van der Waals surface area contributed by atoms with Crippen LogP contribution in [-0.4, -0.2) is 25.7 Å². The molecule has 0 radical (unpaired) electrons. The third-order valence-electron chi connectivity index (χ3n) is 2.40. The normalized spacial score (nSPS) is 13.3. The van der Waals surface area contributed by atoms with Gasteiger partial charge >= 0.3 is 0 Å². The third kappa shape index (κ3) is 4.46. The molecule has 0 fully saturated rings. The third-order valence-corrected chi connectivity index (χ3v) is 2.40.